The van der Waals surface area contributed by atoms with Crippen LogP contribution in [-0.2, 0) is 20.1 Å². The molecule has 188 valence electrons. The quantitative estimate of drug-likeness (QED) is 0.364. The summed E-state index contributed by atoms with van der Waals surface area (Å²) in [7, 11) is 1.69. The Morgan fingerprint density at radius 3 is 2.51 bits per heavy atom. The Labute approximate surface area is 214 Å². The Bertz CT molecular complexity index is 1740. The highest BCUT2D eigenvalue weighted by molar-refractivity contribution is 5.85. The molecule has 0 bridgehead atoms. The third-order valence-electron chi connectivity index (χ3n) is 7.11. The average Bonchev–Trinajstić information content (AvgIpc) is 3.30. The van der Waals surface area contributed by atoms with E-state index in [0.29, 0.717) is 30.3 Å². The van der Waals surface area contributed by atoms with E-state index in [2.05, 4.69) is 11.8 Å². The molecule has 37 heavy (non-hydrogen) atoms. The molecule has 0 spiro atoms. The van der Waals surface area contributed by atoms with E-state index in [9.17, 15) is 9.59 Å². The van der Waals surface area contributed by atoms with Gasteiger partial charge in [0.05, 0.1) is 13.2 Å². The third kappa shape index (κ3) is 3.80. The van der Waals surface area contributed by atoms with Crippen LogP contribution in [0.1, 0.15) is 19.4 Å². The Morgan fingerprint density at radius 2 is 1.73 bits per heavy atom. The molecule has 8 nitrogen and oxygen atoms in total. The molecule has 0 N–H and O–H groups in total. The summed E-state index contributed by atoms with van der Waals surface area (Å²) in [4.78, 5) is 34.3. The number of anilines is 2. The average molecular weight is 496 g/mol. The lowest BCUT2D eigenvalue weighted by molar-refractivity contribution is 0.340. The van der Waals surface area contributed by atoms with Crippen molar-refractivity contribution in [3.8, 4) is 5.75 Å². The number of nitrogens with zero attached hydrogens (tertiary/aromatic N) is 5. The molecule has 3 heterocycles. The number of benzene rings is 3. The Hall–Kier alpha value is -4.33. The molecule has 3 aromatic carbocycles. The van der Waals surface area contributed by atoms with Crippen LogP contribution >= 0.6 is 0 Å². The summed E-state index contributed by atoms with van der Waals surface area (Å²) in [6.07, 6.45) is 0. The number of aromatic nitrogens is 4. The predicted octanol–water partition coefficient (Wildman–Crippen LogP) is 4.28. The van der Waals surface area contributed by atoms with Gasteiger partial charge in [0.15, 0.2) is 11.2 Å². The highest BCUT2D eigenvalue weighted by Gasteiger charge is 2.30. The molecule has 6 rings (SSSR count). The zero-order valence-corrected chi connectivity index (χ0v) is 21.2. The van der Waals surface area contributed by atoms with Gasteiger partial charge in [-0.1, -0.05) is 49.4 Å². The van der Waals surface area contributed by atoms with Crippen molar-refractivity contribution in [2.75, 3.05) is 18.1 Å². The van der Waals surface area contributed by atoms with Gasteiger partial charge in [0.25, 0.3) is 5.56 Å². The lowest BCUT2D eigenvalue weighted by atomic mass is 10.0. The van der Waals surface area contributed by atoms with E-state index in [0.717, 1.165) is 34.3 Å². The minimum Gasteiger partial charge on any atom is -0.494 e. The summed E-state index contributed by atoms with van der Waals surface area (Å²) in [6, 6.07) is 21.9. The van der Waals surface area contributed by atoms with Gasteiger partial charge in [0.1, 0.15) is 5.75 Å². The second-order valence-corrected chi connectivity index (χ2v) is 9.71. The number of ether oxygens (including phenoxy) is 1. The molecule has 1 atom stereocenters. The molecule has 0 saturated carbocycles. The van der Waals surface area contributed by atoms with Crippen LogP contribution in [0.25, 0.3) is 21.9 Å². The third-order valence-corrected chi connectivity index (χ3v) is 7.11. The largest absolute Gasteiger partial charge is 0.494 e. The first kappa shape index (κ1) is 23.1. The summed E-state index contributed by atoms with van der Waals surface area (Å²) < 4.78 is 10.4. The zero-order valence-electron chi connectivity index (χ0n) is 21.2. The normalized spacial score (nSPS) is 15.3. The molecule has 0 aliphatic carbocycles. The lowest BCUT2D eigenvalue weighted by Crippen LogP contribution is -2.40. The zero-order chi connectivity index (χ0) is 25.7. The van der Waals surface area contributed by atoms with Gasteiger partial charge in [-0.05, 0) is 53.4 Å². The minimum absolute atomic E-state index is 0.196. The van der Waals surface area contributed by atoms with Gasteiger partial charge in [0, 0.05) is 25.8 Å². The summed E-state index contributed by atoms with van der Waals surface area (Å²) in [6.45, 7) is 6.33. The van der Waals surface area contributed by atoms with Gasteiger partial charge >= 0.3 is 5.69 Å². The Kier molecular flexibility index (Phi) is 5.59. The molecule has 0 amide bonds. The highest BCUT2D eigenvalue weighted by Crippen LogP contribution is 2.33. The van der Waals surface area contributed by atoms with E-state index in [1.54, 1.807) is 7.05 Å². The van der Waals surface area contributed by atoms with Crippen LogP contribution in [0.5, 0.6) is 5.75 Å². The van der Waals surface area contributed by atoms with Crippen LogP contribution in [0.2, 0.25) is 0 Å². The van der Waals surface area contributed by atoms with Gasteiger partial charge in [-0.3, -0.25) is 13.9 Å². The summed E-state index contributed by atoms with van der Waals surface area (Å²) >= 11 is 0. The van der Waals surface area contributed by atoms with Crippen molar-refractivity contribution in [3.63, 3.8) is 0 Å². The first-order valence-electron chi connectivity index (χ1n) is 12.6. The van der Waals surface area contributed by atoms with E-state index in [-0.39, 0.29) is 23.7 Å². The molecule has 0 fully saturated rings. The molecule has 0 saturated heterocycles. The number of hydrogen-bond donors (Lipinski definition) is 0. The molecule has 2 aromatic heterocycles. The highest BCUT2D eigenvalue weighted by atomic mass is 16.5. The summed E-state index contributed by atoms with van der Waals surface area (Å²) in [5, 5.41) is 2.11. The molecular weight excluding hydrogens is 466 g/mol. The molecular formula is C29H29N5O3. The van der Waals surface area contributed by atoms with Gasteiger partial charge in [-0.25, -0.2) is 4.79 Å². The smallest absolute Gasteiger partial charge is 0.332 e. The number of fused-ring (bicyclic) bond motifs is 4. The molecule has 8 heteroatoms. The predicted molar refractivity (Wildman–Crippen MR) is 146 cm³/mol. The monoisotopic (exact) mass is 495 g/mol. The lowest BCUT2D eigenvalue weighted by Gasteiger charge is -2.33. The molecule has 0 radical (unpaired) electrons. The van der Waals surface area contributed by atoms with Crippen molar-refractivity contribution in [2.45, 2.75) is 26.9 Å². The molecule has 1 unspecified atom stereocenters. The van der Waals surface area contributed by atoms with Crippen molar-refractivity contribution in [3.05, 3.63) is 93.1 Å². The van der Waals surface area contributed by atoms with Crippen molar-refractivity contribution in [1.29, 1.82) is 0 Å². The van der Waals surface area contributed by atoms with Crippen LogP contribution in [0.15, 0.2) is 76.3 Å². The SMILES string of the molecule is CCOc1ccc(N2CC(C)Cn3c2nc2c3c(=O)n(Cc3cccc4ccccc34)c(=O)n2C)cc1. The topological polar surface area (TPSA) is 74.3 Å². The van der Waals surface area contributed by atoms with Gasteiger partial charge in [0.2, 0.25) is 5.95 Å². The number of aryl methyl sites for hydroxylation is 1. The van der Waals surface area contributed by atoms with E-state index in [1.165, 1.54) is 9.13 Å². The number of imidazole rings is 1. The summed E-state index contributed by atoms with van der Waals surface area (Å²) in [5.41, 5.74) is 2.07. The minimum atomic E-state index is -0.374. The second-order valence-electron chi connectivity index (χ2n) is 9.71. The molecule has 1 aliphatic rings. The fourth-order valence-corrected chi connectivity index (χ4v) is 5.35. The fourth-order valence-electron chi connectivity index (χ4n) is 5.35. The van der Waals surface area contributed by atoms with Crippen molar-refractivity contribution >= 4 is 33.6 Å². The Balaban J connectivity index is 1.51. The fraction of sp³-hybridized carbons (Fsp3) is 0.276. The van der Waals surface area contributed by atoms with Gasteiger partial charge in [-0.15, -0.1) is 0 Å². The van der Waals surface area contributed by atoms with Crippen LogP contribution < -0.4 is 20.9 Å². The van der Waals surface area contributed by atoms with Crippen LogP contribution in [0.4, 0.5) is 11.6 Å². The number of rotatable bonds is 5. The number of hydrogen-bond acceptors (Lipinski definition) is 5. The van der Waals surface area contributed by atoms with Crippen molar-refractivity contribution in [1.82, 2.24) is 18.7 Å². The van der Waals surface area contributed by atoms with E-state index in [4.69, 9.17) is 9.72 Å². The van der Waals surface area contributed by atoms with Crippen LogP contribution in [0, 0.1) is 5.92 Å². The summed E-state index contributed by atoms with van der Waals surface area (Å²) in [5.74, 6) is 1.76. The standard InChI is InChI=1S/C29H29N5O3/c1-4-37-23-14-12-22(13-15-23)32-16-19(2)17-33-25-26(30-28(32)33)31(3)29(36)34(27(25)35)18-21-10-7-9-20-8-5-6-11-24(20)21/h5-15,19H,4,16-18H2,1-3H3. The maximum atomic E-state index is 13.9. The maximum absolute atomic E-state index is 13.9. The Morgan fingerprint density at radius 1 is 0.973 bits per heavy atom. The second kappa shape index (κ2) is 8.96. The van der Waals surface area contributed by atoms with Gasteiger partial charge in [-0.2, -0.15) is 4.98 Å². The first-order valence-corrected chi connectivity index (χ1v) is 12.6. The first-order chi connectivity index (χ1) is 18.0. The van der Waals surface area contributed by atoms with E-state index >= 15 is 0 Å². The van der Waals surface area contributed by atoms with Crippen molar-refractivity contribution in [2.24, 2.45) is 13.0 Å². The van der Waals surface area contributed by atoms with Crippen LogP contribution in [0.3, 0.4) is 0 Å². The van der Waals surface area contributed by atoms with E-state index < -0.39 is 0 Å². The molecule has 1 aliphatic heterocycles. The molecule has 5 aromatic rings. The van der Waals surface area contributed by atoms with E-state index in [1.807, 2.05) is 78.2 Å². The van der Waals surface area contributed by atoms with Crippen LogP contribution in [-0.4, -0.2) is 31.8 Å². The van der Waals surface area contributed by atoms with Crippen molar-refractivity contribution < 1.29 is 4.74 Å². The van der Waals surface area contributed by atoms with Gasteiger partial charge < -0.3 is 14.2 Å². The maximum Gasteiger partial charge on any atom is 0.332 e.